The number of nitro benzene ring substituents is 1. The van der Waals surface area contributed by atoms with Gasteiger partial charge < -0.3 is 0 Å². The third-order valence-corrected chi connectivity index (χ3v) is 4.88. The number of nitro groups is 1. The van der Waals surface area contributed by atoms with E-state index in [-0.39, 0.29) is 11.6 Å². The third kappa shape index (κ3) is 3.55. The average Bonchev–Trinajstić information content (AvgIpc) is 3.16. The molecular formula is C14H8ClN3O3S2. The number of rotatable bonds is 4. The Morgan fingerprint density at radius 2 is 1.96 bits per heavy atom. The van der Waals surface area contributed by atoms with Gasteiger partial charge >= 0.3 is 0 Å². The molecule has 1 N–H and O–H groups in total. The zero-order valence-corrected chi connectivity index (χ0v) is 13.7. The van der Waals surface area contributed by atoms with Crippen molar-refractivity contribution in [1.29, 1.82) is 0 Å². The van der Waals surface area contributed by atoms with Gasteiger partial charge in [0, 0.05) is 23.1 Å². The first-order chi connectivity index (χ1) is 11.0. The van der Waals surface area contributed by atoms with Crippen molar-refractivity contribution in [2.24, 2.45) is 0 Å². The first-order valence-electron chi connectivity index (χ1n) is 6.30. The van der Waals surface area contributed by atoms with Gasteiger partial charge in [-0.1, -0.05) is 11.6 Å². The van der Waals surface area contributed by atoms with Crippen LogP contribution in [0.15, 0.2) is 41.8 Å². The van der Waals surface area contributed by atoms with E-state index in [0.29, 0.717) is 20.0 Å². The molecule has 0 saturated carbocycles. The van der Waals surface area contributed by atoms with Crippen molar-refractivity contribution in [3.63, 3.8) is 0 Å². The average molecular weight is 366 g/mol. The second-order valence-electron chi connectivity index (χ2n) is 4.40. The van der Waals surface area contributed by atoms with Crippen LogP contribution >= 0.6 is 34.3 Å². The molecule has 0 atom stereocenters. The summed E-state index contributed by atoms with van der Waals surface area (Å²) in [6.45, 7) is 0. The van der Waals surface area contributed by atoms with Gasteiger partial charge in [0.05, 0.1) is 19.8 Å². The highest BCUT2D eigenvalue weighted by atomic mass is 35.5. The normalized spacial score (nSPS) is 10.5. The van der Waals surface area contributed by atoms with Gasteiger partial charge in [-0.05, 0) is 24.3 Å². The minimum absolute atomic E-state index is 0.0204. The number of nitrogens with one attached hydrogen (secondary N) is 1. The van der Waals surface area contributed by atoms with Crippen molar-refractivity contribution in [3.05, 3.63) is 61.1 Å². The summed E-state index contributed by atoms with van der Waals surface area (Å²) in [5, 5.41) is 15.6. The number of halogens is 1. The molecule has 0 spiro atoms. The molecule has 0 saturated heterocycles. The Balaban J connectivity index is 1.75. The lowest BCUT2D eigenvalue weighted by molar-refractivity contribution is -0.384. The molecule has 0 unspecified atom stereocenters. The molecule has 0 bridgehead atoms. The minimum atomic E-state index is -0.456. The van der Waals surface area contributed by atoms with Crippen molar-refractivity contribution >= 4 is 51.0 Å². The summed E-state index contributed by atoms with van der Waals surface area (Å²) in [6.07, 6.45) is 0. The van der Waals surface area contributed by atoms with Crippen LogP contribution in [0.1, 0.15) is 9.67 Å². The molecule has 2 aromatic heterocycles. The largest absolute Gasteiger partial charge is 0.297 e. The number of carbonyl (C=O) groups is 1. The maximum Gasteiger partial charge on any atom is 0.269 e. The lowest BCUT2D eigenvalue weighted by atomic mass is 10.1. The lowest BCUT2D eigenvalue weighted by Crippen LogP contribution is -2.09. The minimum Gasteiger partial charge on any atom is -0.297 e. The number of amides is 1. The predicted molar refractivity (Wildman–Crippen MR) is 91.5 cm³/mol. The van der Waals surface area contributed by atoms with Crippen molar-refractivity contribution in [2.75, 3.05) is 5.32 Å². The van der Waals surface area contributed by atoms with Crippen LogP contribution in [-0.2, 0) is 0 Å². The van der Waals surface area contributed by atoms with E-state index < -0.39 is 4.92 Å². The van der Waals surface area contributed by atoms with E-state index in [2.05, 4.69) is 10.3 Å². The Morgan fingerprint density at radius 1 is 1.22 bits per heavy atom. The van der Waals surface area contributed by atoms with Gasteiger partial charge in [0.1, 0.15) is 0 Å². The third-order valence-electron chi connectivity index (χ3n) is 2.90. The number of thiazole rings is 1. The topological polar surface area (TPSA) is 85.1 Å². The summed E-state index contributed by atoms with van der Waals surface area (Å²) in [5.41, 5.74) is 1.41. The van der Waals surface area contributed by atoms with Crippen LogP contribution in [0.25, 0.3) is 11.3 Å². The van der Waals surface area contributed by atoms with Crippen LogP contribution in [0.5, 0.6) is 0 Å². The Kier molecular flexibility index (Phi) is 4.37. The molecule has 0 fully saturated rings. The highest BCUT2D eigenvalue weighted by Gasteiger charge is 2.12. The summed E-state index contributed by atoms with van der Waals surface area (Å²) >= 11 is 8.27. The Morgan fingerprint density at radius 3 is 2.57 bits per heavy atom. The van der Waals surface area contributed by atoms with Gasteiger partial charge in [0.25, 0.3) is 11.6 Å². The molecule has 2 heterocycles. The number of carbonyl (C=O) groups excluding carboxylic acids is 1. The molecule has 6 nitrogen and oxygen atoms in total. The summed E-state index contributed by atoms with van der Waals surface area (Å²) in [4.78, 5) is 27.0. The monoisotopic (exact) mass is 365 g/mol. The van der Waals surface area contributed by atoms with E-state index in [0.717, 1.165) is 5.56 Å². The molecular weight excluding hydrogens is 358 g/mol. The van der Waals surface area contributed by atoms with Gasteiger partial charge in [-0.2, -0.15) is 0 Å². The van der Waals surface area contributed by atoms with Crippen molar-refractivity contribution in [3.8, 4) is 11.3 Å². The predicted octanol–water partition coefficient (Wildman–Crippen LogP) is 4.69. The molecule has 23 heavy (non-hydrogen) atoms. The maximum atomic E-state index is 12.0. The van der Waals surface area contributed by atoms with Crippen molar-refractivity contribution in [1.82, 2.24) is 4.98 Å². The second-order valence-corrected chi connectivity index (χ2v) is 6.97. The molecule has 0 aliphatic carbocycles. The first-order valence-corrected chi connectivity index (χ1v) is 8.37. The van der Waals surface area contributed by atoms with Gasteiger partial charge in [0.2, 0.25) is 0 Å². The van der Waals surface area contributed by atoms with Crippen LogP contribution in [0, 0.1) is 10.1 Å². The molecule has 116 valence electrons. The Hall–Kier alpha value is -2.29. The van der Waals surface area contributed by atoms with E-state index in [4.69, 9.17) is 11.6 Å². The van der Waals surface area contributed by atoms with Crippen LogP contribution in [0.2, 0.25) is 4.34 Å². The molecule has 0 aliphatic heterocycles. The maximum absolute atomic E-state index is 12.0. The summed E-state index contributed by atoms with van der Waals surface area (Å²) in [5.74, 6) is -0.272. The number of nitrogens with zero attached hydrogens (tertiary/aromatic N) is 2. The number of benzene rings is 1. The standard InChI is InChI=1S/C14H8ClN3O3S2/c15-12-6-5-11(23-12)13(19)17-14-16-10(7-22-14)8-1-3-9(4-2-8)18(20)21/h1-7H,(H,16,17,19). The van der Waals surface area contributed by atoms with E-state index in [1.165, 1.54) is 34.8 Å². The summed E-state index contributed by atoms with van der Waals surface area (Å²) < 4.78 is 0.542. The van der Waals surface area contributed by atoms with E-state index in [1.807, 2.05) is 0 Å². The highest BCUT2D eigenvalue weighted by Crippen LogP contribution is 2.28. The molecule has 1 amide bonds. The van der Waals surface area contributed by atoms with Crippen LogP contribution < -0.4 is 5.32 Å². The van der Waals surface area contributed by atoms with Gasteiger partial charge in [-0.3, -0.25) is 20.2 Å². The number of thiophene rings is 1. The molecule has 0 aliphatic rings. The number of anilines is 1. The fourth-order valence-electron chi connectivity index (χ4n) is 1.81. The molecule has 3 rings (SSSR count). The fourth-order valence-corrected chi connectivity index (χ4v) is 3.47. The molecule has 1 aromatic carbocycles. The van der Waals surface area contributed by atoms with Gasteiger partial charge in [0.15, 0.2) is 5.13 Å². The number of non-ortho nitro benzene ring substituents is 1. The number of aromatic nitrogens is 1. The highest BCUT2D eigenvalue weighted by molar-refractivity contribution is 7.18. The zero-order valence-electron chi connectivity index (χ0n) is 11.4. The lowest BCUT2D eigenvalue weighted by Gasteiger charge is -1.98. The SMILES string of the molecule is O=C(Nc1nc(-c2ccc([N+](=O)[O-])cc2)cs1)c1ccc(Cl)s1. The van der Waals surface area contributed by atoms with Crippen LogP contribution in [0.4, 0.5) is 10.8 Å². The van der Waals surface area contributed by atoms with Crippen molar-refractivity contribution in [2.45, 2.75) is 0 Å². The van der Waals surface area contributed by atoms with Gasteiger partial charge in [-0.25, -0.2) is 4.98 Å². The second kappa shape index (κ2) is 6.45. The van der Waals surface area contributed by atoms with E-state index in [1.54, 1.807) is 29.6 Å². The summed E-state index contributed by atoms with van der Waals surface area (Å²) in [7, 11) is 0. The molecule has 3 aromatic rings. The number of hydrogen-bond donors (Lipinski definition) is 1. The smallest absolute Gasteiger partial charge is 0.269 e. The Bertz CT molecular complexity index is 874. The molecule has 9 heteroatoms. The first kappa shape index (κ1) is 15.6. The number of hydrogen-bond acceptors (Lipinski definition) is 6. The Labute approximate surface area is 143 Å². The molecule has 0 radical (unpaired) electrons. The van der Waals surface area contributed by atoms with E-state index >= 15 is 0 Å². The van der Waals surface area contributed by atoms with Crippen LogP contribution in [-0.4, -0.2) is 15.8 Å². The van der Waals surface area contributed by atoms with Gasteiger partial charge in [-0.15, -0.1) is 22.7 Å². The van der Waals surface area contributed by atoms with Crippen LogP contribution in [0.3, 0.4) is 0 Å². The quantitative estimate of drug-likeness (QED) is 0.537. The zero-order chi connectivity index (χ0) is 16.4. The fraction of sp³-hybridized carbons (Fsp3) is 0. The summed E-state index contributed by atoms with van der Waals surface area (Å²) in [6, 6.07) is 9.38. The van der Waals surface area contributed by atoms with Crippen molar-refractivity contribution < 1.29 is 9.72 Å². The van der Waals surface area contributed by atoms with E-state index in [9.17, 15) is 14.9 Å².